The number of nitrogens with zero attached hydrogens (tertiary/aromatic N) is 2. The molecule has 0 spiro atoms. The summed E-state index contributed by atoms with van der Waals surface area (Å²) in [6.45, 7) is 6.57. The van der Waals surface area contributed by atoms with Crippen LogP contribution in [-0.4, -0.2) is 68.6 Å². The quantitative estimate of drug-likeness (QED) is 0.686. The van der Waals surface area contributed by atoms with Gasteiger partial charge >= 0.3 is 0 Å². The third kappa shape index (κ3) is 4.92. The molecule has 1 fully saturated rings. The summed E-state index contributed by atoms with van der Waals surface area (Å²) in [7, 11) is 4.26. The number of hydrogen-bond acceptors (Lipinski definition) is 4. The lowest BCUT2D eigenvalue weighted by Crippen LogP contribution is -2.54. The van der Waals surface area contributed by atoms with Crippen LogP contribution in [0.15, 0.2) is 0 Å². The summed E-state index contributed by atoms with van der Waals surface area (Å²) in [6.07, 6.45) is 1.80. The van der Waals surface area contributed by atoms with Crippen molar-refractivity contribution in [2.45, 2.75) is 25.8 Å². The molecule has 18 heavy (non-hydrogen) atoms. The highest BCUT2D eigenvalue weighted by atomic mass is 16.1. The molecule has 1 aliphatic heterocycles. The standard InChI is InChI=1S/C13H28N4O/c1-11(5-4-6-14)13(18)15-9-12-10-16(2)7-8-17(12)3/h11-12H,4-10,14H2,1-3H3,(H,15,18). The molecule has 0 bridgehead atoms. The molecule has 0 saturated carbocycles. The number of amides is 1. The fourth-order valence-electron chi connectivity index (χ4n) is 2.27. The molecular weight excluding hydrogens is 228 g/mol. The van der Waals surface area contributed by atoms with E-state index in [1.165, 1.54) is 0 Å². The average molecular weight is 256 g/mol. The topological polar surface area (TPSA) is 61.6 Å². The maximum Gasteiger partial charge on any atom is 0.222 e. The van der Waals surface area contributed by atoms with E-state index in [9.17, 15) is 4.79 Å². The molecule has 106 valence electrons. The second-order valence-corrected chi connectivity index (χ2v) is 5.47. The van der Waals surface area contributed by atoms with Crippen LogP contribution in [0.3, 0.4) is 0 Å². The van der Waals surface area contributed by atoms with Gasteiger partial charge in [-0.05, 0) is 33.5 Å². The Labute approximate surface area is 111 Å². The Balaban J connectivity index is 2.28. The summed E-state index contributed by atoms with van der Waals surface area (Å²) in [4.78, 5) is 16.5. The van der Waals surface area contributed by atoms with Crippen LogP contribution in [0.25, 0.3) is 0 Å². The van der Waals surface area contributed by atoms with Gasteiger partial charge in [-0.25, -0.2) is 0 Å². The van der Waals surface area contributed by atoms with Crippen LogP contribution in [0, 0.1) is 5.92 Å². The van der Waals surface area contributed by atoms with E-state index in [2.05, 4.69) is 29.2 Å². The Hall–Kier alpha value is -0.650. The lowest BCUT2D eigenvalue weighted by atomic mass is 10.0. The van der Waals surface area contributed by atoms with Crippen molar-refractivity contribution in [1.29, 1.82) is 0 Å². The van der Waals surface area contributed by atoms with Crippen molar-refractivity contribution in [3.8, 4) is 0 Å². The number of rotatable bonds is 6. The minimum absolute atomic E-state index is 0.0696. The van der Waals surface area contributed by atoms with Crippen molar-refractivity contribution in [2.75, 3.05) is 46.8 Å². The molecule has 1 saturated heterocycles. The summed E-state index contributed by atoms with van der Waals surface area (Å²) >= 11 is 0. The maximum absolute atomic E-state index is 11.9. The Morgan fingerprint density at radius 1 is 1.44 bits per heavy atom. The first kappa shape index (κ1) is 15.4. The van der Waals surface area contributed by atoms with Gasteiger partial charge in [-0.1, -0.05) is 6.92 Å². The van der Waals surface area contributed by atoms with Gasteiger partial charge < -0.3 is 16.0 Å². The summed E-state index contributed by atoms with van der Waals surface area (Å²) in [5.74, 6) is 0.227. The molecule has 0 aromatic rings. The van der Waals surface area contributed by atoms with E-state index in [0.717, 1.165) is 39.0 Å². The molecule has 0 aromatic carbocycles. The summed E-state index contributed by atoms with van der Waals surface area (Å²) in [5, 5.41) is 3.06. The van der Waals surface area contributed by atoms with Gasteiger partial charge in [-0.2, -0.15) is 0 Å². The largest absolute Gasteiger partial charge is 0.354 e. The number of nitrogens with two attached hydrogens (primary N) is 1. The molecule has 1 rings (SSSR count). The van der Waals surface area contributed by atoms with Crippen LogP contribution < -0.4 is 11.1 Å². The molecule has 1 heterocycles. The Morgan fingerprint density at radius 2 is 2.17 bits per heavy atom. The monoisotopic (exact) mass is 256 g/mol. The fraction of sp³-hybridized carbons (Fsp3) is 0.923. The van der Waals surface area contributed by atoms with Crippen LogP contribution in [-0.2, 0) is 4.79 Å². The van der Waals surface area contributed by atoms with Crippen LogP contribution in [0.2, 0.25) is 0 Å². The highest BCUT2D eigenvalue weighted by molar-refractivity contribution is 5.78. The number of nitrogens with one attached hydrogen (secondary N) is 1. The molecule has 5 heteroatoms. The van der Waals surface area contributed by atoms with Crippen LogP contribution >= 0.6 is 0 Å². The van der Waals surface area contributed by atoms with E-state index in [4.69, 9.17) is 5.73 Å². The second kappa shape index (κ2) is 7.71. The third-order valence-corrected chi connectivity index (χ3v) is 3.78. The van der Waals surface area contributed by atoms with Crippen molar-refractivity contribution in [1.82, 2.24) is 15.1 Å². The predicted octanol–water partition coefficient (Wildman–Crippen LogP) is -0.277. The molecule has 1 amide bonds. The normalized spacial score (nSPS) is 23.9. The second-order valence-electron chi connectivity index (χ2n) is 5.47. The number of likely N-dealkylation sites (N-methyl/N-ethyl adjacent to an activating group) is 2. The van der Waals surface area contributed by atoms with Gasteiger partial charge in [0, 0.05) is 38.1 Å². The predicted molar refractivity (Wildman–Crippen MR) is 74.4 cm³/mol. The van der Waals surface area contributed by atoms with Crippen molar-refractivity contribution < 1.29 is 4.79 Å². The molecule has 0 radical (unpaired) electrons. The maximum atomic E-state index is 11.9. The molecule has 3 N–H and O–H groups in total. The molecule has 5 nitrogen and oxygen atoms in total. The summed E-state index contributed by atoms with van der Waals surface area (Å²) in [5.41, 5.74) is 5.46. The minimum atomic E-state index is 0.0696. The first-order chi connectivity index (χ1) is 8.54. The lowest BCUT2D eigenvalue weighted by molar-refractivity contribution is -0.125. The van der Waals surface area contributed by atoms with Gasteiger partial charge in [0.15, 0.2) is 0 Å². The third-order valence-electron chi connectivity index (χ3n) is 3.78. The fourth-order valence-corrected chi connectivity index (χ4v) is 2.27. The van der Waals surface area contributed by atoms with Gasteiger partial charge in [-0.3, -0.25) is 9.69 Å². The molecule has 0 aromatic heterocycles. The van der Waals surface area contributed by atoms with Gasteiger partial charge in [0.05, 0.1) is 0 Å². The molecule has 1 aliphatic rings. The van der Waals surface area contributed by atoms with Gasteiger partial charge in [-0.15, -0.1) is 0 Å². The Bertz CT molecular complexity index is 259. The molecular formula is C13H28N4O. The van der Waals surface area contributed by atoms with Gasteiger partial charge in [0.2, 0.25) is 5.91 Å². The first-order valence-corrected chi connectivity index (χ1v) is 6.91. The number of hydrogen-bond donors (Lipinski definition) is 2. The number of piperazine rings is 1. The van der Waals surface area contributed by atoms with E-state index >= 15 is 0 Å². The zero-order valence-electron chi connectivity index (χ0n) is 12.0. The molecule has 2 atom stereocenters. The van der Waals surface area contributed by atoms with Crippen LogP contribution in [0.1, 0.15) is 19.8 Å². The van der Waals surface area contributed by atoms with Crippen molar-refractivity contribution in [3.63, 3.8) is 0 Å². The Morgan fingerprint density at radius 3 is 2.83 bits per heavy atom. The van der Waals surface area contributed by atoms with Crippen molar-refractivity contribution in [2.24, 2.45) is 11.7 Å². The zero-order chi connectivity index (χ0) is 13.5. The van der Waals surface area contributed by atoms with E-state index in [-0.39, 0.29) is 11.8 Å². The number of carbonyl (C=O) groups is 1. The van der Waals surface area contributed by atoms with Crippen LogP contribution in [0.5, 0.6) is 0 Å². The highest BCUT2D eigenvalue weighted by Crippen LogP contribution is 2.07. The van der Waals surface area contributed by atoms with Crippen molar-refractivity contribution >= 4 is 5.91 Å². The first-order valence-electron chi connectivity index (χ1n) is 6.91. The molecule has 2 unspecified atom stereocenters. The van der Waals surface area contributed by atoms with Crippen LogP contribution in [0.4, 0.5) is 0 Å². The minimum Gasteiger partial charge on any atom is -0.354 e. The summed E-state index contributed by atoms with van der Waals surface area (Å²) < 4.78 is 0. The highest BCUT2D eigenvalue weighted by Gasteiger charge is 2.23. The SMILES string of the molecule is CC(CCCN)C(=O)NCC1CN(C)CCN1C. The van der Waals surface area contributed by atoms with Gasteiger partial charge in [0.25, 0.3) is 0 Å². The lowest BCUT2D eigenvalue weighted by Gasteiger charge is -2.37. The van der Waals surface area contributed by atoms with E-state index in [1.54, 1.807) is 0 Å². The summed E-state index contributed by atoms with van der Waals surface area (Å²) in [6, 6.07) is 0.425. The van der Waals surface area contributed by atoms with Crippen molar-refractivity contribution in [3.05, 3.63) is 0 Å². The van der Waals surface area contributed by atoms with Gasteiger partial charge in [0.1, 0.15) is 0 Å². The zero-order valence-corrected chi connectivity index (χ0v) is 12.0. The molecule has 0 aliphatic carbocycles. The van der Waals surface area contributed by atoms with E-state index in [1.807, 2.05) is 6.92 Å². The van der Waals surface area contributed by atoms with E-state index < -0.39 is 0 Å². The average Bonchev–Trinajstić information content (AvgIpc) is 2.36. The number of carbonyl (C=O) groups excluding carboxylic acids is 1. The smallest absolute Gasteiger partial charge is 0.222 e. The van der Waals surface area contributed by atoms with E-state index in [0.29, 0.717) is 12.6 Å². The Kier molecular flexibility index (Phi) is 6.60.